The average molecular weight is 284 g/mol. The van der Waals surface area contributed by atoms with E-state index in [1.165, 1.54) is 0 Å². The van der Waals surface area contributed by atoms with Gasteiger partial charge in [-0.2, -0.15) is 0 Å². The highest BCUT2D eigenvalue weighted by Gasteiger charge is 2.03. The molecule has 3 nitrogen and oxygen atoms in total. The van der Waals surface area contributed by atoms with Crippen LogP contribution in [-0.4, -0.2) is 19.0 Å². The van der Waals surface area contributed by atoms with E-state index in [-0.39, 0.29) is 5.78 Å². The molecule has 2 rings (SSSR count). The summed E-state index contributed by atoms with van der Waals surface area (Å²) in [5.41, 5.74) is 2.94. The normalized spacial score (nSPS) is 10.2. The van der Waals surface area contributed by atoms with Gasteiger partial charge in [0.05, 0.1) is 0 Å². The van der Waals surface area contributed by atoms with Crippen molar-refractivity contribution in [1.82, 2.24) is 0 Å². The molecule has 0 aliphatic heterocycles. The Morgan fingerprint density at radius 1 is 0.905 bits per heavy atom. The summed E-state index contributed by atoms with van der Waals surface area (Å²) in [6.45, 7) is 6.56. The molecule has 0 saturated carbocycles. The number of carbonyl (C=O) groups excluding carboxylic acids is 1. The maximum atomic E-state index is 11.2. The van der Waals surface area contributed by atoms with Crippen molar-refractivity contribution in [2.24, 2.45) is 0 Å². The van der Waals surface area contributed by atoms with Crippen molar-refractivity contribution in [3.05, 3.63) is 59.2 Å². The molecule has 0 bridgehead atoms. The lowest BCUT2D eigenvalue weighted by molar-refractivity contribution is 0.101. The Bertz CT molecular complexity index is 595. The molecule has 2 aromatic rings. The van der Waals surface area contributed by atoms with Gasteiger partial charge in [0.2, 0.25) is 0 Å². The zero-order valence-corrected chi connectivity index (χ0v) is 12.7. The van der Waals surface area contributed by atoms with Gasteiger partial charge in [0.25, 0.3) is 0 Å². The fourth-order valence-electron chi connectivity index (χ4n) is 2.12. The second-order valence-corrected chi connectivity index (χ2v) is 5.00. The highest BCUT2D eigenvalue weighted by atomic mass is 16.5. The third-order valence-corrected chi connectivity index (χ3v) is 3.27. The Hall–Kier alpha value is -2.29. The fraction of sp³-hybridized carbons (Fsp3) is 0.278. The molecule has 0 atom stereocenters. The van der Waals surface area contributed by atoms with Gasteiger partial charge in [0, 0.05) is 5.56 Å². The van der Waals surface area contributed by atoms with E-state index in [4.69, 9.17) is 9.47 Å². The number of benzene rings is 2. The zero-order valence-electron chi connectivity index (χ0n) is 12.7. The maximum Gasteiger partial charge on any atom is 0.159 e. The largest absolute Gasteiger partial charge is 0.490 e. The molecule has 110 valence electrons. The van der Waals surface area contributed by atoms with E-state index in [1.807, 2.05) is 32.0 Å². The van der Waals surface area contributed by atoms with Crippen LogP contribution >= 0.6 is 0 Å². The average Bonchev–Trinajstić information content (AvgIpc) is 2.46. The molecule has 3 heteroatoms. The molecule has 0 fully saturated rings. The summed E-state index contributed by atoms with van der Waals surface area (Å²) in [6.07, 6.45) is 0. The number of Topliss-reactive ketones (excluding diaryl/α,β-unsaturated/α-hetero) is 1. The Balaban J connectivity index is 1.83. The second kappa shape index (κ2) is 6.93. The van der Waals surface area contributed by atoms with Gasteiger partial charge in [-0.05, 0) is 56.2 Å². The minimum absolute atomic E-state index is 0.0555. The number of hydrogen-bond donors (Lipinski definition) is 0. The number of rotatable bonds is 6. The van der Waals surface area contributed by atoms with Crippen molar-refractivity contribution < 1.29 is 14.3 Å². The Labute approximate surface area is 125 Å². The number of ketones is 1. The molecule has 0 saturated heterocycles. The summed E-state index contributed by atoms with van der Waals surface area (Å²) < 4.78 is 11.4. The van der Waals surface area contributed by atoms with Crippen LogP contribution < -0.4 is 9.47 Å². The van der Waals surface area contributed by atoms with Gasteiger partial charge < -0.3 is 9.47 Å². The summed E-state index contributed by atoms with van der Waals surface area (Å²) in [4.78, 5) is 11.2. The Morgan fingerprint density at radius 2 is 1.48 bits per heavy atom. The highest BCUT2D eigenvalue weighted by Crippen LogP contribution is 2.22. The van der Waals surface area contributed by atoms with Gasteiger partial charge in [-0.15, -0.1) is 0 Å². The van der Waals surface area contributed by atoms with Crippen LogP contribution in [0.1, 0.15) is 28.4 Å². The van der Waals surface area contributed by atoms with Gasteiger partial charge in [0.15, 0.2) is 5.78 Å². The predicted molar refractivity (Wildman–Crippen MR) is 83.4 cm³/mol. The first-order valence-electron chi connectivity index (χ1n) is 7.01. The zero-order chi connectivity index (χ0) is 15.2. The lowest BCUT2D eigenvalue weighted by Crippen LogP contribution is -2.10. The quantitative estimate of drug-likeness (QED) is 0.595. The molecule has 0 unspecified atom stereocenters. The molecule has 21 heavy (non-hydrogen) atoms. The van der Waals surface area contributed by atoms with Crippen molar-refractivity contribution in [1.29, 1.82) is 0 Å². The van der Waals surface area contributed by atoms with Gasteiger partial charge >= 0.3 is 0 Å². The van der Waals surface area contributed by atoms with Crippen LogP contribution in [0.2, 0.25) is 0 Å². The van der Waals surface area contributed by atoms with Crippen LogP contribution in [0.25, 0.3) is 0 Å². The molecule has 0 spiro atoms. The molecule has 0 radical (unpaired) electrons. The minimum atomic E-state index is 0.0555. The van der Waals surface area contributed by atoms with Crippen molar-refractivity contribution in [3.8, 4) is 11.5 Å². The summed E-state index contributed by atoms with van der Waals surface area (Å²) in [6, 6.07) is 13.2. The van der Waals surface area contributed by atoms with E-state index in [2.05, 4.69) is 0 Å². The molecular formula is C18H20O3. The van der Waals surface area contributed by atoms with Crippen LogP contribution in [0.3, 0.4) is 0 Å². The molecule has 0 aliphatic carbocycles. The summed E-state index contributed by atoms with van der Waals surface area (Å²) in [7, 11) is 0. The monoisotopic (exact) mass is 284 g/mol. The first-order valence-corrected chi connectivity index (χ1v) is 7.01. The van der Waals surface area contributed by atoms with Crippen LogP contribution in [0.15, 0.2) is 42.5 Å². The molecule has 0 aromatic heterocycles. The van der Waals surface area contributed by atoms with Crippen LogP contribution in [0.5, 0.6) is 11.5 Å². The second-order valence-electron chi connectivity index (χ2n) is 5.00. The number of aryl methyl sites for hydroxylation is 2. The van der Waals surface area contributed by atoms with E-state index in [9.17, 15) is 4.79 Å². The van der Waals surface area contributed by atoms with Gasteiger partial charge in [-0.1, -0.05) is 18.2 Å². The number of para-hydroxylation sites is 1. The van der Waals surface area contributed by atoms with E-state index in [0.717, 1.165) is 22.6 Å². The first kappa shape index (κ1) is 15.1. The summed E-state index contributed by atoms with van der Waals surface area (Å²) >= 11 is 0. The van der Waals surface area contributed by atoms with Crippen molar-refractivity contribution in [2.75, 3.05) is 13.2 Å². The van der Waals surface area contributed by atoms with Crippen LogP contribution in [-0.2, 0) is 0 Å². The fourth-order valence-corrected chi connectivity index (χ4v) is 2.12. The third-order valence-electron chi connectivity index (χ3n) is 3.27. The van der Waals surface area contributed by atoms with Crippen LogP contribution in [0.4, 0.5) is 0 Å². The number of carbonyl (C=O) groups is 1. The van der Waals surface area contributed by atoms with E-state index in [1.54, 1.807) is 31.2 Å². The Kier molecular flexibility index (Phi) is 4.99. The maximum absolute atomic E-state index is 11.2. The van der Waals surface area contributed by atoms with Crippen molar-refractivity contribution in [2.45, 2.75) is 20.8 Å². The summed E-state index contributed by atoms with van der Waals surface area (Å²) in [5.74, 6) is 1.72. The van der Waals surface area contributed by atoms with Crippen LogP contribution in [0, 0.1) is 13.8 Å². The molecule has 0 N–H and O–H groups in total. The predicted octanol–water partition coefficient (Wildman–Crippen LogP) is 3.96. The molecule has 0 aliphatic rings. The SMILES string of the molecule is CC(=O)c1ccc(OCCOc2c(C)cccc2C)cc1. The van der Waals surface area contributed by atoms with Crippen molar-refractivity contribution in [3.63, 3.8) is 0 Å². The lowest BCUT2D eigenvalue weighted by atomic mass is 10.1. The molecule has 0 amide bonds. The summed E-state index contributed by atoms with van der Waals surface area (Å²) in [5, 5.41) is 0. The molecular weight excluding hydrogens is 264 g/mol. The minimum Gasteiger partial charge on any atom is -0.490 e. The van der Waals surface area contributed by atoms with E-state index < -0.39 is 0 Å². The van der Waals surface area contributed by atoms with Gasteiger partial charge in [0.1, 0.15) is 24.7 Å². The van der Waals surface area contributed by atoms with Crippen molar-refractivity contribution >= 4 is 5.78 Å². The number of hydrogen-bond acceptors (Lipinski definition) is 3. The van der Waals surface area contributed by atoms with E-state index >= 15 is 0 Å². The standard InChI is InChI=1S/C18H20O3/c1-13-5-4-6-14(2)18(13)21-12-11-20-17-9-7-16(8-10-17)15(3)19/h4-10H,11-12H2,1-3H3. The van der Waals surface area contributed by atoms with Gasteiger partial charge in [-0.25, -0.2) is 0 Å². The first-order chi connectivity index (χ1) is 10.1. The highest BCUT2D eigenvalue weighted by molar-refractivity contribution is 5.94. The number of ether oxygens (including phenoxy) is 2. The third kappa shape index (κ3) is 4.09. The van der Waals surface area contributed by atoms with E-state index in [0.29, 0.717) is 18.8 Å². The molecule has 0 heterocycles. The Morgan fingerprint density at radius 3 is 2.05 bits per heavy atom. The smallest absolute Gasteiger partial charge is 0.159 e. The molecule has 2 aromatic carbocycles. The topological polar surface area (TPSA) is 35.5 Å². The lowest BCUT2D eigenvalue weighted by Gasteiger charge is -2.12. The van der Waals surface area contributed by atoms with Gasteiger partial charge in [-0.3, -0.25) is 4.79 Å².